The summed E-state index contributed by atoms with van der Waals surface area (Å²) < 4.78 is 5.35. The number of β-amino-alcohol motifs (C(OH)–C–C–N with tert-alkyl or cyclic N) is 1. The highest BCUT2D eigenvalue weighted by Gasteiger charge is 2.57. The lowest BCUT2D eigenvalue weighted by Crippen LogP contribution is -2.67. The molecular weight excluding hydrogens is 416 g/mol. The maximum Gasteiger partial charge on any atom is 0.308 e. The van der Waals surface area contributed by atoms with E-state index in [1.165, 1.54) is 6.92 Å². The van der Waals surface area contributed by atoms with Gasteiger partial charge in [0.15, 0.2) is 0 Å². The summed E-state index contributed by atoms with van der Waals surface area (Å²) in [6, 6.07) is 16.6. The number of esters is 1. The van der Waals surface area contributed by atoms with Gasteiger partial charge in [-0.2, -0.15) is 0 Å². The lowest BCUT2D eigenvalue weighted by atomic mass is 9.55. The van der Waals surface area contributed by atoms with Crippen molar-refractivity contribution < 1.29 is 19.4 Å². The van der Waals surface area contributed by atoms with Crippen molar-refractivity contribution in [1.29, 1.82) is 0 Å². The number of rotatable bonds is 6. The number of carbonyl (C=O) groups excluding carboxylic acids is 2. The zero-order valence-corrected chi connectivity index (χ0v) is 19.1. The Balaban J connectivity index is 1.66. The maximum absolute atomic E-state index is 12.9. The number of aliphatic hydroxyl groups is 1. The molecule has 2 N–H and O–H groups in total. The number of amides is 1. The van der Waals surface area contributed by atoms with Gasteiger partial charge in [0.25, 0.3) is 5.91 Å². The van der Waals surface area contributed by atoms with Gasteiger partial charge in [0.2, 0.25) is 0 Å². The van der Waals surface area contributed by atoms with Gasteiger partial charge in [-0.05, 0) is 62.1 Å². The summed E-state index contributed by atoms with van der Waals surface area (Å²) in [4.78, 5) is 26.6. The SMILES string of the molecule is C=CCN1CC[C@@]2(c3cccc(OC(C)=O)c3)C[C@H](NC(=O)c3ccccc3)CC[C@]2(O)C1. The Bertz CT molecular complexity index is 1020. The van der Waals surface area contributed by atoms with Gasteiger partial charge in [-0.1, -0.05) is 36.4 Å². The number of likely N-dealkylation sites (tertiary alicyclic amines) is 1. The van der Waals surface area contributed by atoms with E-state index < -0.39 is 11.0 Å². The molecule has 0 spiro atoms. The smallest absolute Gasteiger partial charge is 0.308 e. The number of benzene rings is 2. The average Bonchev–Trinajstić information content (AvgIpc) is 2.80. The Hall–Kier alpha value is -2.96. The Kier molecular flexibility index (Phi) is 6.68. The summed E-state index contributed by atoms with van der Waals surface area (Å²) in [7, 11) is 0. The van der Waals surface area contributed by atoms with E-state index in [4.69, 9.17) is 4.74 Å². The van der Waals surface area contributed by atoms with Crippen LogP contribution in [0.1, 0.15) is 48.5 Å². The zero-order valence-electron chi connectivity index (χ0n) is 19.1. The third kappa shape index (κ3) is 4.72. The topological polar surface area (TPSA) is 78.9 Å². The number of carbonyl (C=O) groups is 2. The molecule has 1 aliphatic carbocycles. The van der Waals surface area contributed by atoms with Crippen LogP contribution in [0.4, 0.5) is 0 Å². The van der Waals surface area contributed by atoms with Gasteiger partial charge in [-0.15, -0.1) is 6.58 Å². The normalized spacial score (nSPS) is 27.3. The average molecular weight is 449 g/mol. The highest BCUT2D eigenvalue weighted by atomic mass is 16.5. The first-order chi connectivity index (χ1) is 15.8. The van der Waals surface area contributed by atoms with E-state index in [9.17, 15) is 14.7 Å². The van der Waals surface area contributed by atoms with Crippen molar-refractivity contribution in [2.24, 2.45) is 0 Å². The van der Waals surface area contributed by atoms with Crippen molar-refractivity contribution in [2.75, 3.05) is 19.6 Å². The number of ether oxygens (including phenoxy) is 1. The molecule has 6 nitrogen and oxygen atoms in total. The van der Waals surface area contributed by atoms with E-state index in [2.05, 4.69) is 16.8 Å². The number of nitrogens with one attached hydrogen (secondary N) is 1. The molecular formula is C27H32N2O4. The summed E-state index contributed by atoms with van der Waals surface area (Å²) in [5.74, 6) is -0.00278. The molecule has 1 saturated heterocycles. The third-order valence-electron chi connectivity index (χ3n) is 7.14. The van der Waals surface area contributed by atoms with Crippen molar-refractivity contribution in [2.45, 2.75) is 49.7 Å². The first kappa shape index (κ1) is 23.2. The molecule has 2 fully saturated rings. The lowest BCUT2D eigenvalue weighted by molar-refractivity contribution is -0.131. The van der Waals surface area contributed by atoms with Crippen LogP contribution in [0.25, 0.3) is 0 Å². The highest BCUT2D eigenvalue weighted by Crippen LogP contribution is 2.52. The van der Waals surface area contributed by atoms with Gasteiger partial charge in [-0.25, -0.2) is 0 Å². The summed E-state index contributed by atoms with van der Waals surface area (Å²) in [5.41, 5.74) is 0.0517. The van der Waals surface area contributed by atoms with Crippen molar-refractivity contribution in [3.63, 3.8) is 0 Å². The van der Waals surface area contributed by atoms with Gasteiger partial charge in [0.1, 0.15) is 5.75 Å². The lowest BCUT2D eigenvalue weighted by Gasteiger charge is -2.58. The van der Waals surface area contributed by atoms with Crippen LogP contribution in [0.3, 0.4) is 0 Å². The fourth-order valence-electron chi connectivity index (χ4n) is 5.60. The second-order valence-electron chi connectivity index (χ2n) is 9.29. The molecule has 0 bridgehead atoms. The molecule has 0 radical (unpaired) electrons. The summed E-state index contributed by atoms with van der Waals surface area (Å²) >= 11 is 0. The second-order valence-corrected chi connectivity index (χ2v) is 9.29. The number of nitrogens with zero attached hydrogens (tertiary/aromatic N) is 1. The molecule has 1 saturated carbocycles. The Morgan fingerprint density at radius 2 is 2.00 bits per heavy atom. The molecule has 1 aliphatic heterocycles. The first-order valence-electron chi connectivity index (χ1n) is 11.6. The van der Waals surface area contributed by atoms with Crippen LogP contribution in [0, 0.1) is 0 Å². The van der Waals surface area contributed by atoms with E-state index in [1.807, 2.05) is 42.5 Å². The number of hydrogen-bond acceptors (Lipinski definition) is 5. The van der Waals surface area contributed by atoms with E-state index in [1.54, 1.807) is 18.2 Å². The van der Waals surface area contributed by atoms with E-state index in [0.29, 0.717) is 37.1 Å². The van der Waals surface area contributed by atoms with Crippen molar-refractivity contribution in [3.05, 3.63) is 78.4 Å². The molecule has 33 heavy (non-hydrogen) atoms. The van der Waals surface area contributed by atoms with Crippen LogP contribution < -0.4 is 10.1 Å². The predicted octanol–water partition coefficient (Wildman–Crippen LogP) is 3.46. The van der Waals surface area contributed by atoms with Crippen LogP contribution in [0.15, 0.2) is 67.3 Å². The minimum absolute atomic E-state index is 0.0682. The number of hydrogen-bond donors (Lipinski definition) is 2. The van der Waals surface area contributed by atoms with Crippen LogP contribution in [0.2, 0.25) is 0 Å². The van der Waals surface area contributed by atoms with Crippen LogP contribution in [-0.4, -0.2) is 53.2 Å². The Morgan fingerprint density at radius 3 is 2.73 bits per heavy atom. The van der Waals surface area contributed by atoms with E-state index >= 15 is 0 Å². The summed E-state index contributed by atoms with van der Waals surface area (Å²) in [6.07, 6.45) is 4.48. The van der Waals surface area contributed by atoms with E-state index in [-0.39, 0.29) is 17.9 Å². The molecule has 4 rings (SSSR count). The summed E-state index contributed by atoms with van der Waals surface area (Å²) in [5, 5.41) is 15.2. The molecule has 1 heterocycles. The van der Waals surface area contributed by atoms with Crippen molar-refractivity contribution >= 4 is 11.9 Å². The molecule has 3 atom stereocenters. The van der Waals surface area contributed by atoms with Crippen LogP contribution in [-0.2, 0) is 10.2 Å². The molecule has 2 aromatic rings. The molecule has 0 aromatic heterocycles. The van der Waals surface area contributed by atoms with Crippen molar-refractivity contribution in [1.82, 2.24) is 10.2 Å². The molecule has 2 aromatic carbocycles. The second kappa shape index (κ2) is 9.49. The van der Waals surface area contributed by atoms with Gasteiger partial charge in [0.05, 0.1) is 5.60 Å². The Labute approximate surface area is 195 Å². The Morgan fingerprint density at radius 1 is 1.21 bits per heavy atom. The summed E-state index contributed by atoms with van der Waals surface area (Å²) in [6.45, 7) is 7.30. The molecule has 0 unspecified atom stereocenters. The minimum Gasteiger partial charge on any atom is -0.427 e. The van der Waals surface area contributed by atoms with Crippen LogP contribution in [0.5, 0.6) is 5.75 Å². The van der Waals surface area contributed by atoms with E-state index in [0.717, 1.165) is 25.1 Å². The fourth-order valence-corrected chi connectivity index (χ4v) is 5.60. The van der Waals surface area contributed by atoms with Crippen molar-refractivity contribution in [3.8, 4) is 5.75 Å². The van der Waals surface area contributed by atoms with Gasteiger partial charge in [-0.3, -0.25) is 14.5 Å². The minimum atomic E-state index is -0.961. The molecule has 1 amide bonds. The standard InChI is InChI=1S/C27H32N2O4/c1-3-15-29-16-14-26(22-10-7-11-24(17-22)33-20(2)30)18-23(12-13-27(26,32)19-29)28-25(31)21-8-5-4-6-9-21/h3-11,17,23,32H,1,12-16,18-19H2,2H3,(H,28,31)/t23-,26+,27+/m1/s1. The highest BCUT2D eigenvalue weighted by molar-refractivity contribution is 5.94. The zero-order chi connectivity index (χ0) is 23.5. The largest absolute Gasteiger partial charge is 0.427 e. The van der Waals surface area contributed by atoms with Gasteiger partial charge >= 0.3 is 5.97 Å². The molecule has 6 heteroatoms. The molecule has 2 aliphatic rings. The van der Waals surface area contributed by atoms with Gasteiger partial charge in [0, 0.05) is 37.0 Å². The fraction of sp³-hybridized carbons (Fsp3) is 0.407. The molecule has 174 valence electrons. The predicted molar refractivity (Wildman–Crippen MR) is 127 cm³/mol. The number of piperidine rings is 1. The first-order valence-corrected chi connectivity index (χ1v) is 11.6. The monoisotopic (exact) mass is 448 g/mol. The number of fused-ring (bicyclic) bond motifs is 1. The maximum atomic E-state index is 12.9. The van der Waals surface area contributed by atoms with Crippen LogP contribution >= 0.6 is 0 Å². The third-order valence-corrected chi connectivity index (χ3v) is 7.14. The van der Waals surface area contributed by atoms with Gasteiger partial charge < -0.3 is 15.2 Å². The quantitative estimate of drug-likeness (QED) is 0.402.